The summed E-state index contributed by atoms with van der Waals surface area (Å²) >= 11 is 0. The monoisotopic (exact) mass is 273 g/mol. The summed E-state index contributed by atoms with van der Waals surface area (Å²) in [5.41, 5.74) is 2.90. The second-order valence-electron chi connectivity index (χ2n) is 3.84. The molecule has 8 heteroatoms. The lowest BCUT2D eigenvalue weighted by Crippen LogP contribution is -2.14. The van der Waals surface area contributed by atoms with Crippen molar-refractivity contribution in [3.05, 3.63) is 58.3 Å². The molecule has 0 aliphatic heterocycles. The van der Waals surface area contributed by atoms with E-state index in [0.717, 1.165) is 0 Å². The van der Waals surface area contributed by atoms with Gasteiger partial charge in [-0.2, -0.15) is 0 Å². The SMILES string of the molecule is NNc1cc(C(=O)Nc2cccc([N+](=O)[O-])c2)ccn1. The second-order valence-corrected chi connectivity index (χ2v) is 3.84. The Kier molecular flexibility index (Phi) is 3.87. The first-order valence-electron chi connectivity index (χ1n) is 5.58. The number of anilines is 2. The topological polar surface area (TPSA) is 123 Å². The standard InChI is InChI=1S/C12H11N5O3/c13-16-11-6-8(4-5-14-11)12(18)15-9-2-1-3-10(7-9)17(19)20/h1-7H,13H2,(H,14,16)(H,15,18). The highest BCUT2D eigenvalue weighted by Crippen LogP contribution is 2.18. The fraction of sp³-hybridized carbons (Fsp3) is 0. The van der Waals surface area contributed by atoms with Crippen LogP contribution in [0, 0.1) is 10.1 Å². The van der Waals surface area contributed by atoms with E-state index >= 15 is 0 Å². The molecule has 1 heterocycles. The third-order valence-corrected chi connectivity index (χ3v) is 2.48. The first kappa shape index (κ1) is 13.4. The molecule has 2 rings (SSSR count). The van der Waals surface area contributed by atoms with Gasteiger partial charge >= 0.3 is 0 Å². The third kappa shape index (κ3) is 3.06. The van der Waals surface area contributed by atoms with Gasteiger partial charge in [0.15, 0.2) is 0 Å². The summed E-state index contributed by atoms with van der Waals surface area (Å²) in [6.07, 6.45) is 1.43. The number of rotatable bonds is 4. The van der Waals surface area contributed by atoms with Gasteiger partial charge in [0.1, 0.15) is 5.82 Å². The Morgan fingerprint density at radius 3 is 2.80 bits per heavy atom. The Bertz CT molecular complexity index is 659. The number of non-ortho nitro benzene ring substituents is 1. The molecule has 0 aliphatic carbocycles. The van der Waals surface area contributed by atoms with E-state index in [1.165, 1.54) is 36.5 Å². The molecule has 0 saturated heterocycles. The van der Waals surface area contributed by atoms with Crippen molar-refractivity contribution in [1.82, 2.24) is 4.98 Å². The van der Waals surface area contributed by atoms with Crippen molar-refractivity contribution in [2.75, 3.05) is 10.7 Å². The van der Waals surface area contributed by atoms with Crippen molar-refractivity contribution in [2.24, 2.45) is 5.84 Å². The van der Waals surface area contributed by atoms with E-state index in [2.05, 4.69) is 15.7 Å². The molecule has 102 valence electrons. The molecule has 0 bridgehead atoms. The van der Waals surface area contributed by atoms with E-state index in [1.807, 2.05) is 0 Å². The van der Waals surface area contributed by atoms with E-state index in [1.54, 1.807) is 6.07 Å². The quantitative estimate of drug-likeness (QED) is 0.441. The average Bonchev–Trinajstić information content (AvgIpc) is 2.47. The minimum atomic E-state index is -0.529. The largest absolute Gasteiger partial charge is 0.322 e. The number of nitro groups is 1. The number of pyridine rings is 1. The number of amides is 1. The predicted octanol–water partition coefficient (Wildman–Crippen LogP) is 1.53. The number of hydrogen-bond donors (Lipinski definition) is 3. The Morgan fingerprint density at radius 2 is 2.10 bits per heavy atom. The van der Waals surface area contributed by atoms with Crippen molar-refractivity contribution in [2.45, 2.75) is 0 Å². The van der Waals surface area contributed by atoms with Crippen LogP contribution < -0.4 is 16.6 Å². The molecule has 0 atom stereocenters. The van der Waals surface area contributed by atoms with Crippen LogP contribution in [0.1, 0.15) is 10.4 Å². The second kappa shape index (κ2) is 5.76. The minimum absolute atomic E-state index is 0.0955. The van der Waals surface area contributed by atoms with Gasteiger partial charge in [0, 0.05) is 29.6 Å². The Labute approximate surface area is 113 Å². The molecule has 1 amide bonds. The minimum Gasteiger partial charge on any atom is -0.322 e. The number of carbonyl (C=O) groups excluding carboxylic acids is 1. The first-order chi connectivity index (χ1) is 9.60. The van der Waals surface area contributed by atoms with Crippen molar-refractivity contribution >= 4 is 23.1 Å². The normalized spacial score (nSPS) is 9.85. The Hall–Kier alpha value is -3.00. The third-order valence-electron chi connectivity index (χ3n) is 2.48. The van der Waals surface area contributed by atoms with Gasteiger partial charge in [-0.15, -0.1) is 0 Å². The summed E-state index contributed by atoms with van der Waals surface area (Å²) in [5, 5.41) is 13.2. The summed E-state index contributed by atoms with van der Waals surface area (Å²) in [6, 6.07) is 8.65. The molecule has 0 radical (unpaired) electrons. The fourth-order valence-electron chi connectivity index (χ4n) is 1.55. The van der Waals surface area contributed by atoms with E-state index in [9.17, 15) is 14.9 Å². The average molecular weight is 273 g/mol. The number of aromatic nitrogens is 1. The summed E-state index contributed by atoms with van der Waals surface area (Å²) < 4.78 is 0. The fourth-order valence-corrected chi connectivity index (χ4v) is 1.55. The van der Waals surface area contributed by atoms with Crippen LogP contribution >= 0.6 is 0 Å². The molecule has 0 saturated carbocycles. The van der Waals surface area contributed by atoms with Gasteiger partial charge in [-0.1, -0.05) is 6.07 Å². The number of nitrogens with zero attached hydrogens (tertiary/aromatic N) is 2. The molecular weight excluding hydrogens is 262 g/mol. The van der Waals surface area contributed by atoms with Gasteiger partial charge in [0.2, 0.25) is 0 Å². The van der Waals surface area contributed by atoms with E-state index in [0.29, 0.717) is 17.1 Å². The van der Waals surface area contributed by atoms with Crippen molar-refractivity contribution in [3.63, 3.8) is 0 Å². The number of benzene rings is 1. The van der Waals surface area contributed by atoms with Crippen LogP contribution in [0.25, 0.3) is 0 Å². The highest BCUT2D eigenvalue weighted by atomic mass is 16.6. The summed E-state index contributed by atoms with van der Waals surface area (Å²) in [6.45, 7) is 0. The molecule has 2 aromatic rings. The highest BCUT2D eigenvalue weighted by Gasteiger charge is 2.10. The van der Waals surface area contributed by atoms with Crippen LogP contribution in [0.5, 0.6) is 0 Å². The smallest absolute Gasteiger partial charge is 0.271 e. The zero-order chi connectivity index (χ0) is 14.5. The van der Waals surface area contributed by atoms with Crippen molar-refractivity contribution < 1.29 is 9.72 Å². The maximum Gasteiger partial charge on any atom is 0.271 e. The Balaban J connectivity index is 2.18. The zero-order valence-electron chi connectivity index (χ0n) is 10.2. The van der Waals surface area contributed by atoms with Gasteiger partial charge in [-0.05, 0) is 18.2 Å². The predicted molar refractivity (Wildman–Crippen MR) is 73.1 cm³/mol. The van der Waals surface area contributed by atoms with Crippen molar-refractivity contribution in [1.29, 1.82) is 0 Å². The molecule has 8 nitrogen and oxygen atoms in total. The van der Waals surface area contributed by atoms with Crippen LogP contribution in [-0.4, -0.2) is 15.8 Å². The highest BCUT2D eigenvalue weighted by molar-refractivity contribution is 6.04. The van der Waals surface area contributed by atoms with Gasteiger partial charge in [-0.3, -0.25) is 14.9 Å². The van der Waals surface area contributed by atoms with Gasteiger partial charge < -0.3 is 10.7 Å². The molecule has 20 heavy (non-hydrogen) atoms. The molecule has 4 N–H and O–H groups in total. The lowest BCUT2D eigenvalue weighted by Gasteiger charge is -2.06. The number of nitro benzene ring substituents is 1. The number of nitrogens with one attached hydrogen (secondary N) is 2. The van der Waals surface area contributed by atoms with Gasteiger partial charge in [-0.25, -0.2) is 10.8 Å². The molecule has 1 aromatic carbocycles. The number of nitrogens with two attached hydrogens (primary N) is 1. The van der Waals surface area contributed by atoms with E-state index in [-0.39, 0.29) is 5.69 Å². The van der Waals surface area contributed by atoms with Crippen LogP contribution in [-0.2, 0) is 0 Å². The molecule has 0 fully saturated rings. The molecular formula is C12H11N5O3. The van der Waals surface area contributed by atoms with Crippen molar-refractivity contribution in [3.8, 4) is 0 Å². The first-order valence-corrected chi connectivity index (χ1v) is 5.58. The van der Waals surface area contributed by atoms with E-state index < -0.39 is 10.8 Å². The number of nitrogen functional groups attached to an aromatic ring is 1. The molecule has 0 aliphatic rings. The lowest BCUT2D eigenvalue weighted by molar-refractivity contribution is -0.384. The maximum atomic E-state index is 12.0. The zero-order valence-corrected chi connectivity index (χ0v) is 10.2. The lowest BCUT2D eigenvalue weighted by atomic mass is 10.2. The van der Waals surface area contributed by atoms with Crippen LogP contribution in [0.4, 0.5) is 17.2 Å². The molecule has 0 unspecified atom stereocenters. The van der Waals surface area contributed by atoms with Crippen LogP contribution in [0.2, 0.25) is 0 Å². The number of hydrazine groups is 1. The number of carbonyl (C=O) groups is 1. The molecule has 0 spiro atoms. The van der Waals surface area contributed by atoms with Gasteiger partial charge in [0.05, 0.1) is 4.92 Å². The molecule has 1 aromatic heterocycles. The van der Waals surface area contributed by atoms with Gasteiger partial charge in [0.25, 0.3) is 11.6 Å². The number of hydrogen-bond acceptors (Lipinski definition) is 6. The van der Waals surface area contributed by atoms with E-state index in [4.69, 9.17) is 5.84 Å². The van der Waals surface area contributed by atoms with Crippen LogP contribution in [0.15, 0.2) is 42.6 Å². The van der Waals surface area contributed by atoms with Crippen LogP contribution in [0.3, 0.4) is 0 Å². The Morgan fingerprint density at radius 1 is 1.30 bits per heavy atom. The summed E-state index contributed by atoms with van der Waals surface area (Å²) in [4.78, 5) is 26.0. The maximum absolute atomic E-state index is 12.0. The summed E-state index contributed by atoms with van der Waals surface area (Å²) in [7, 11) is 0. The summed E-state index contributed by atoms with van der Waals surface area (Å²) in [5.74, 6) is 5.14.